The van der Waals surface area contributed by atoms with Gasteiger partial charge in [0.1, 0.15) is 0 Å². The first-order valence-corrected chi connectivity index (χ1v) is 6.21. The van der Waals surface area contributed by atoms with E-state index in [1.165, 1.54) is 12.1 Å². The molecule has 0 radical (unpaired) electrons. The maximum absolute atomic E-state index is 13.5. The predicted molar refractivity (Wildman–Crippen MR) is 68.9 cm³/mol. The fourth-order valence-corrected chi connectivity index (χ4v) is 2.40. The van der Waals surface area contributed by atoms with Crippen LogP contribution < -0.4 is 0 Å². The molecule has 19 heavy (non-hydrogen) atoms. The van der Waals surface area contributed by atoms with Crippen molar-refractivity contribution in [3.63, 3.8) is 0 Å². The molecule has 0 heterocycles. The van der Waals surface area contributed by atoms with E-state index in [2.05, 4.69) is 15.9 Å². The summed E-state index contributed by atoms with van der Waals surface area (Å²) in [7, 11) is 0. The number of benzene rings is 2. The van der Waals surface area contributed by atoms with E-state index in [1.807, 2.05) is 0 Å². The molecule has 0 saturated heterocycles. The van der Waals surface area contributed by atoms with Gasteiger partial charge >= 0.3 is 0 Å². The van der Waals surface area contributed by atoms with Gasteiger partial charge in [-0.15, -0.1) is 0 Å². The molecule has 2 rings (SSSR count). The van der Waals surface area contributed by atoms with Crippen molar-refractivity contribution in [2.24, 2.45) is 0 Å². The first kappa shape index (κ1) is 14.1. The SMILES string of the molecule is O=C(c1cc(Cl)cc(Br)c1)c1ccc(F)c(F)c1F. The molecule has 0 bridgehead atoms. The summed E-state index contributed by atoms with van der Waals surface area (Å²) in [6, 6.07) is 5.86. The summed E-state index contributed by atoms with van der Waals surface area (Å²) in [6.07, 6.45) is 0. The van der Waals surface area contributed by atoms with Crippen LogP contribution in [0.4, 0.5) is 13.2 Å². The molecule has 0 aliphatic heterocycles. The molecule has 0 atom stereocenters. The van der Waals surface area contributed by atoms with E-state index in [0.29, 0.717) is 10.5 Å². The Morgan fingerprint density at radius 2 is 1.74 bits per heavy atom. The van der Waals surface area contributed by atoms with Crippen LogP contribution in [0.25, 0.3) is 0 Å². The number of ketones is 1. The first-order valence-electron chi connectivity index (χ1n) is 5.04. The van der Waals surface area contributed by atoms with Gasteiger partial charge in [0, 0.05) is 15.1 Å². The summed E-state index contributed by atoms with van der Waals surface area (Å²) in [5.74, 6) is -5.31. The van der Waals surface area contributed by atoms with Gasteiger partial charge in [-0.25, -0.2) is 13.2 Å². The van der Waals surface area contributed by atoms with Crippen molar-refractivity contribution in [3.8, 4) is 0 Å². The minimum absolute atomic E-state index is 0.0734. The Hall–Kier alpha value is -1.33. The molecule has 1 nitrogen and oxygen atoms in total. The highest BCUT2D eigenvalue weighted by atomic mass is 79.9. The highest BCUT2D eigenvalue weighted by Crippen LogP contribution is 2.23. The second-order valence-electron chi connectivity index (χ2n) is 3.71. The van der Waals surface area contributed by atoms with Crippen LogP contribution in [0.15, 0.2) is 34.8 Å². The third kappa shape index (κ3) is 2.82. The zero-order valence-corrected chi connectivity index (χ0v) is 11.5. The van der Waals surface area contributed by atoms with Crippen LogP contribution in [0.2, 0.25) is 5.02 Å². The molecule has 2 aromatic carbocycles. The zero-order chi connectivity index (χ0) is 14.2. The van der Waals surface area contributed by atoms with Gasteiger partial charge in [-0.1, -0.05) is 27.5 Å². The molecule has 0 aromatic heterocycles. The van der Waals surface area contributed by atoms with Gasteiger partial charge in [-0.3, -0.25) is 4.79 Å². The molecule has 0 spiro atoms. The predicted octanol–water partition coefficient (Wildman–Crippen LogP) is 4.75. The molecular weight excluding hydrogens is 344 g/mol. The third-order valence-electron chi connectivity index (χ3n) is 2.40. The molecule has 98 valence electrons. The summed E-state index contributed by atoms with van der Waals surface area (Å²) in [5, 5.41) is 0.265. The van der Waals surface area contributed by atoms with Crippen LogP contribution in [-0.4, -0.2) is 5.78 Å². The zero-order valence-electron chi connectivity index (χ0n) is 9.18. The Morgan fingerprint density at radius 3 is 2.37 bits per heavy atom. The topological polar surface area (TPSA) is 17.1 Å². The normalized spacial score (nSPS) is 10.6. The molecule has 0 N–H and O–H groups in total. The number of hydrogen-bond acceptors (Lipinski definition) is 1. The van der Waals surface area contributed by atoms with Crippen LogP contribution in [-0.2, 0) is 0 Å². The van der Waals surface area contributed by atoms with Gasteiger partial charge in [0.2, 0.25) is 0 Å². The average molecular weight is 350 g/mol. The van der Waals surface area contributed by atoms with E-state index >= 15 is 0 Å². The Bertz CT molecular complexity index is 653. The lowest BCUT2D eigenvalue weighted by Gasteiger charge is -2.05. The maximum Gasteiger partial charge on any atom is 0.196 e. The van der Waals surface area contributed by atoms with Crippen molar-refractivity contribution in [1.82, 2.24) is 0 Å². The second kappa shape index (κ2) is 5.35. The molecule has 0 aliphatic carbocycles. The molecule has 0 unspecified atom stereocenters. The van der Waals surface area contributed by atoms with Crippen LogP contribution >= 0.6 is 27.5 Å². The third-order valence-corrected chi connectivity index (χ3v) is 3.08. The van der Waals surface area contributed by atoms with Gasteiger partial charge in [-0.2, -0.15) is 0 Å². The lowest BCUT2D eigenvalue weighted by atomic mass is 10.0. The smallest absolute Gasteiger partial charge is 0.196 e. The molecule has 2 aromatic rings. The number of rotatable bonds is 2. The second-order valence-corrected chi connectivity index (χ2v) is 5.06. The monoisotopic (exact) mass is 348 g/mol. The van der Waals surface area contributed by atoms with Crippen LogP contribution in [0.5, 0.6) is 0 Å². The summed E-state index contributed by atoms with van der Waals surface area (Å²) in [6.45, 7) is 0. The summed E-state index contributed by atoms with van der Waals surface area (Å²) < 4.78 is 39.9. The minimum Gasteiger partial charge on any atom is -0.288 e. The molecule has 0 saturated carbocycles. The Balaban J connectivity index is 2.53. The van der Waals surface area contributed by atoms with E-state index < -0.39 is 28.8 Å². The fraction of sp³-hybridized carbons (Fsp3) is 0. The summed E-state index contributed by atoms with van der Waals surface area (Å²) in [5.41, 5.74) is -0.475. The van der Waals surface area contributed by atoms with Crippen molar-refractivity contribution < 1.29 is 18.0 Å². The van der Waals surface area contributed by atoms with E-state index in [4.69, 9.17) is 11.6 Å². The Kier molecular flexibility index (Phi) is 3.96. The molecule has 0 amide bonds. The van der Waals surface area contributed by atoms with E-state index in [9.17, 15) is 18.0 Å². The molecule has 0 fully saturated rings. The lowest BCUT2D eigenvalue weighted by Crippen LogP contribution is -2.07. The van der Waals surface area contributed by atoms with Crippen LogP contribution in [0.3, 0.4) is 0 Å². The van der Waals surface area contributed by atoms with E-state index in [-0.39, 0.29) is 10.6 Å². The fourth-order valence-electron chi connectivity index (χ4n) is 1.54. The first-order chi connectivity index (χ1) is 8.90. The van der Waals surface area contributed by atoms with Crippen LogP contribution in [0, 0.1) is 17.5 Å². The highest BCUT2D eigenvalue weighted by molar-refractivity contribution is 9.10. The highest BCUT2D eigenvalue weighted by Gasteiger charge is 2.20. The maximum atomic E-state index is 13.5. The number of hydrogen-bond donors (Lipinski definition) is 0. The van der Waals surface area contributed by atoms with Gasteiger partial charge in [-0.05, 0) is 30.3 Å². The number of halogens is 5. The van der Waals surface area contributed by atoms with E-state index in [1.54, 1.807) is 6.07 Å². The Labute approximate surface area is 120 Å². The minimum atomic E-state index is -1.67. The molecular formula is C13H5BrClF3O. The van der Waals surface area contributed by atoms with Crippen molar-refractivity contribution in [2.75, 3.05) is 0 Å². The average Bonchev–Trinajstić information content (AvgIpc) is 2.34. The van der Waals surface area contributed by atoms with Crippen LogP contribution in [0.1, 0.15) is 15.9 Å². The summed E-state index contributed by atoms with van der Waals surface area (Å²) in [4.78, 5) is 12.0. The van der Waals surface area contributed by atoms with Crippen molar-refractivity contribution in [1.29, 1.82) is 0 Å². The molecule has 0 aliphatic rings. The van der Waals surface area contributed by atoms with Gasteiger partial charge in [0.25, 0.3) is 0 Å². The standard InChI is InChI=1S/C13H5BrClF3O/c14-7-3-6(4-8(15)5-7)13(19)9-1-2-10(16)12(18)11(9)17/h1-5H. The molecule has 6 heteroatoms. The number of carbonyl (C=O) groups is 1. The Morgan fingerprint density at radius 1 is 1.05 bits per heavy atom. The number of carbonyl (C=O) groups excluding carboxylic acids is 1. The largest absolute Gasteiger partial charge is 0.288 e. The van der Waals surface area contributed by atoms with Crippen molar-refractivity contribution >= 4 is 33.3 Å². The van der Waals surface area contributed by atoms with E-state index in [0.717, 1.165) is 6.07 Å². The summed E-state index contributed by atoms with van der Waals surface area (Å²) >= 11 is 8.90. The van der Waals surface area contributed by atoms with Gasteiger partial charge in [0.15, 0.2) is 23.2 Å². The lowest BCUT2D eigenvalue weighted by molar-refractivity contribution is 0.103. The van der Waals surface area contributed by atoms with Gasteiger partial charge in [0.05, 0.1) is 5.56 Å². The quantitative estimate of drug-likeness (QED) is 0.565. The van der Waals surface area contributed by atoms with Crippen molar-refractivity contribution in [2.45, 2.75) is 0 Å². The van der Waals surface area contributed by atoms with Crippen molar-refractivity contribution in [3.05, 3.63) is 68.4 Å². The van der Waals surface area contributed by atoms with Gasteiger partial charge < -0.3 is 0 Å².